The highest BCUT2D eigenvalue weighted by atomic mass is 32.2. The maximum Gasteiger partial charge on any atom is 0.246 e. The summed E-state index contributed by atoms with van der Waals surface area (Å²) in [4.78, 5) is -0.319. The second kappa shape index (κ2) is 5.52. The number of rotatable bonds is 5. The largest absolute Gasteiger partial charge is 0.464 e. The van der Waals surface area contributed by atoms with Crippen LogP contribution in [-0.4, -0.2) is 19.8 Å². The molecule has 22 heavy (non-hydrogen) atoms. The zero-order valence-electron chi connectivity index (χ0n) is 12.5. The molecule has 1 aromatic heterocycles. The molecule has 1 saturated carbocycles. The summed E-state index contributed by atoms with van der Waals surface area (Å²) in [6.07, 6.45) is 1.11. The van der Waals surface area contributed by atoms with Crippen molar-refractivity contribution < 1.29 is 17.2 Å². The van der Waals surface area contributed by atoms with Gasteiger partial charge in [0.25, 0.3) is 0 Å². The Balaban J connectivity index is 1.77. The monoisotopic (exact) mass is 323 g/mol. The standard InChI is InChI=1S/C16H18FNO3S/c1-11-9-13(11)15-8-7-12(21-15)10-18(2)22(19,20)16-6-4-3-5-14(16)17/h3-8,11,13H,9-10H2,1-2H3/t11-,13+/m1/s1. The van der Waals surface area contributed by atoms with Crippen molar-refractivity contribution in [1.82, 2.24) is 4.31 Å². The summed E-state index contributed by atoms with van der Waals surface area (Å²) >= 11 is 0. The van der Waals surface area contributed by atoms with Crippen molar-refractivity contribution in [2.75, 3.05) is 7.05 Å². The van der Waals surface area contributed by atoms with Gasteiger partial charge in [-0.1, -0.05) is 19.1 Å². The topological polar surface area (TPSA) is 50.5 Å². The van der Waals surface area contributed by atoms with Crippen LogP contribution in [0.5, 0.6) is 0 Å². The van der Waals surface area contributed by atoms with E-state index in [2.05, 4.69) is 6.92 Å². The van der Waals surface area contributed by atoms with Crippen LogP contribution in [0, 0.1) is 11.7 Å². The van der Waals surface area contributed by atoms with E-state index in [-0.39, 0.29) is 11.4 Å². The molecule has 0 radical (unpaired) electrons. The van der Waals surface area contributed by atoms with Gasteiger partial charge in [-0.15, -0.1) is 0 Å². The molecule has 0 spiro atoms. The van der Waals surface area contributed by atoms with Gasteiger partial charge in [0.2, 0.25) is 10.0 Å². The minimum atomic E-state index is -3.88. The maximum absolute atomic E-state index is 13.7. The molecule has 1 aromatic carbocycles. The van der Waals surface area contributed by atoms with Crippen molar-refractivity contribution in [3.8, 4) is 0 Å². The second-order valence-corrected chi connectivity index (χ2v) is 7.83. The lowest BCUT2D eigenvalue weighted by Gasteiger charge is -2.16. The SMILES string of the molecule is C[C@@H]1C[C@@H]1c1ccc(CN(C)S(=O)(=O)c2ccccc2F)o1. The van der Waals surface area contributed by atoms with Crippen LogP contribution >= 0.6 is 0 Å². The summed E-state index contributed by atoms with van der Waals surface area (Å²) in [7, 11) is -2.46. The third kappa shape index (κ3) is 2.80. The van der Waals surface area contributed by atoms with Crippen molar-refractivity contribution in [3.63, 3.8) is 0 Å². The van der Waals surface area contributed by atoms with Gasteiger partial charge in [0.15, 0.2) is 0 Å². The predicted octanol–water partition coefficient (Wildman–Crippen LogP) is 3.36. The van der Waals surface area contributed by atoms with E-state index in [4.69, 9.17) is 4.42 Å². The lowest BCUT2D eigenvalue weighted by Crippen LogP contribution is -2.27. The molecule has 0 unspecified atom stereocenters. The Morgan fingerprint density at radius 2 is 1.95 bits per heavy atom. The van der Waals surface area contributed by atoms with Crippen LogP contribution in [0.2, 0.25) is 0 Å². The van der Waals surface area contributed by atoms with Crippen molar-refractivity contribution in [2.45, 2.75) is 30.7 Å². The summed E-state index contributed by atoms with van der Waals surface area (Å²) in [6, 6.07) is 9.05. The van der Waals surface area contributed by atoms with Crippen LogP contribution < -0.4 is 0 Å². The van der Waals surface area contributed by atoms with E-state index in [1.54, 1.807) is 6.07 Å². The zero-order valence-corrected chi connectivity index (χ0v) is 13.3. The summed E-state index contributed by atoms with van der Waals surface area (Å²) < 4.78 is 45.3. The molecular formula is C16H18FNO3S. The molecule has 1 aliphatic rings. The van der Waals surface area contributed by atoms with Gasteiger partial charge in [-0.2, -0.15) is 4.31 Å². The Bertz CT molecular complexity index is 784. The number of halogens is 1. The number of hydrogen-bond acceptors (Lipinski definition) is 3. The smallest absolute Gasteiger partial charge is 0.246 e. The van der Waals surface area contributed by atoms with E-state index in [9.17, 15) is 12.8 Å². The first-order chi connectivity index (χ1) is 10.4. The number of furan rings is 1. The van der Waals surface area contributed by atoms with Gasteiger partial charge in [-0.3, -0.25) is 0 Å². The van der Waals surface area contributed by atoms with Gasteiger partial charge in [0.1, 0.15) is 22.2 Å². The molecule has 0 bridgehead atoms. The number of sulfonamides is 1. The Kier molecular flexibility index (Phi) is 3.82. The molecule has 0 aliphatic heterocycles. The van der Waals surface area contributed by atoms with E-state index in [1.807, 2.05) is 6.07 Å². The molecule has 4 nitrogen and oxygen atoms in total. The van der Waals surface area contributed by atoms with E-state index >= 15 is 0 Å². The van der Waals surface area contributed by atoms with Gasteiger partial charge in [-0.25, -0.2) is 12.8 Å². The minimum absolute atomic E-state index is 0.0811. The molecule has 0 amide bonds. The molecule has 0 N–H and O–H groups in total. The third-order valence-corrected chi connectivity index (χ3v) is 5.90. The van der Waals surface area contributed by atoms with Gasteiger partial charge < -0.3 is 4.42 Å². The first-order valence-corrected chi connectivity index (χ1v) is 8.63. The van der Waals surface area contributed by atoms with Crippen LogP contribution in [0.1, 0.15) is 30.8 Å². The van der Waals surface area contributed by atoms with Gasteiger partial charge in [0.05, 0.1) is 6.54 Å². The minimum Gasteiger partial charge on any atom is -0.464 e. The summed E-state index contributed by atoms with van der Waals surface area (Å²) in [5.41, 5.74) is 0. The maximum atomic E-state index is 13.7. The highest BCUT2D eigenvalue weighted by Crippen LogP contribution is 2.47. The van der Waals surface area contributed by atoms with Gasteiger partial charge in [-0.05, 0) is 36.6 Å². The molecular weight excluding hydrogens is 305 g/mol. The van der Waals surface area contributed by atoms with Crippen molar-refractivity contribution >= 4 is 10.0 Å². The Hall–Kier alpha value is -1.66. The molecule has 2 aromatic rings. The van der Waals surface area contributed by atoms with Crippen LogP contribution in [0.25, 0.3) is 0 Å². The molecule has 118 valence electrons. The molecule has 3 rings (SSSR count). The summed E-state index contributed by atoms with van der Waals surface area (Å²) in [6.45, 7) is 2.24. The number of benzene rings is 1. The van der Waals surface area contributed by atoms with E-state index < -0.39 is 15.8 Å². The van der Waals surface area contributed by atoms with Crippen molar-refractivity contribution in [1.29, 1.82) is 0 Å². The Labute approximate surface area is 129 Å². The van der Waals surface area contributed by atoms with E-state index in [1.165, 1.54) is 25.2 Å². The van der Waals surface area contributed by atoms with Crippen LogP contribution in [0.4, 0.5) is 4.39 Å². The molecule has 6 heteroatoms. The highest BCUT2D eigenvalue weighted by Gasteiger charge is 2.36. The van der Waals surface area contributed by atoms with Crippen LogP contribution in [0.3, 0.4) is 0 Å². The molecule has 1 heterocycles. The first-order valence-electron chi connectivity index (χ1n) is 7.19. The fraction of sp³-hybridized carbons (Fsp3) is 0.375. The van der Waals surface area contributed by atoms with Crippen molar-refractivity contribution in [2.24, 2.45) is 5.92 Å². The Morgan fingerprint density at radius 1 is 1.27 bits per heavy atom. The average molecular weight is 323 g/mol. The second-order valence-electron chi connectivity index (χ2n) is 5.82. The van der Waals surface area contributed by atoms with Crippen molar-refractivity contribution in [3.05, 3.63) is 53.7 Å². The van der Waals surface area contributed by atoms with Crippen LogP contribution in [0.15, 0.2) is 45.7 Å². The predicted molar refractivity (Wildman–Crippen MR) is 80.3 cm³/mol. The zero-order chi connectivity index (χ0) is 15.9. The summed E-state index contributed by atoms with van der Waals surface area (Å²) in [5, 5.41) is 0. The number of nitrogens with zero attached hydrogens (tertiary/aromatic N) is 1. The lowest BCUT2D eigenvalue weighted by atomic mass is 10.3. The fourth-order valence-corrected chi connectivity index (χ4v) is 3.72. The number of hydrogen-bond donors (Lipinski definition) is 0. The molecule has 2 atom stereocenters. The van der Waals surface area contributed by atoms with Gasteiger partial charge >= 0.3 is 0 Å². The summed E-state index contributed by atoms with van der Waals surface area (Å²) in [5.74, 6) is 1.79. The van der Waals surface area contributed by atoms with Gasteiger partial charge in [0, 0.05) is 13.0 Å². The third-order valence-electron chi connectivity index (χ3n) is 4.06. The molecule has 1 aliphatic carbocycles. The Morgan fingerprint density at radius 3 is 2.59 bits per heavy atom. The highest BCUT2D eigenvalue weighted by molar-refractivity contribution is 7.89. The van der Waals surface area contributed by atoms with Crippen LogP contribution in [-0.2, 0) is 16.6 Å². The van der Waals surface area contributed by atoms with E-state index in [0.717, 1.165) is 22.6 Å². The first kappa shape index (κ1) is 15.2. The fourth-order valence-electron chi connectivity index (χ4n) is 2.52. The average Bonchev–Trinajstić information content (AvgIpc) is 3.02. The normalized spacial score (nSPS) is 21.3. The molecule has 0 saturated heterocycles. The molecule has 1 fully saturated rings. The quantitative estimate of drug-likeness (QED) is 0.848. The van der Waals surface area contributed by atoms with E-state index in [0.29, 0.717) is 17.6 Å². The lowest BCUT2D eigenvalue weighted by molar-refractivity contribution is 0.388.